The first-order chi connectivity index (χ1) is 15.4. The fourth-order valence-electron chi connectivity index (χ4n) is 3.96. The number of rotatable bonds is 0. The Morgan fingerprint density at radius 2 is 1.34 bits per heavy atom. The number of carbonyl (C=O) groups is 1. The predicted molar refractivity (Wildman–Crippen MR) is 173 cm³/mol. The van der Waals surface area contributed by atoms with Crippen LogP contribution in [0.25, 0.3) is 0 Å². The molecule has 3 aromatic rings. The van der Waals surface area contributed by atoms with Gasteiger partial charge in [-0.25, -0.2) is 4.79 Å². The second-order valence-corrected chi connectivity index (χ2v) is 12.8. The van der Waals surface area contributed by atoms with Crippen LogP contribution in [-0.2, 0) is 10.3 Å². The molecule has 1 atom stereocenters. The summed E-state index contributed by atoms with van der Waals surface area (Å²) in [5.74, 6) is -0.262. The van der Waals surface area contributed by atoms with Crippen molar-refractivity contribution in [2.75, 3.05) is 0 Å². The number of aromatic hydroxyl groups is 2. The SMILES string of the molecule is O=C1OC2(c3ccc(O)c(I)c3Oc3c(I)c(O)c(I)c(I)c32)c2c(Cl)c(Cl)c(Cl)c(Cl)c21.[NaH].[NaH]. The van der Waals surface area contributed by atoms with Crippen LogP contribution in [0.4, 0.5) is 0 Å². The van der Waals surface area contributed by atoms with Crippen molar-refractivity contribution in [2.45, 2.75) is 5.60 Å². The Labute approximate surface area is 317 Å². The summed E-state index contributed by atoms with van der Waals surface area (Å²) in [7, 11) is 0. The monoisotopic (exact) mass is 1020 g/mol. The zero-order valence-corrected chi connectivity index (χ0v) is 27.0. The van der Waals surface area contributed by atoms with E-state index in [1.807, 2.05) is 67.8 Å². The van der Waals surface area contributed by atoms with Crippen molar-refractivity contribution in [3.05, 3.63) is 68.8 Å². The number of benzene rings is 3. The van der Waals surface area contributed by atoms with E-state index in [9.17, 15) is 15.0 Å². The topological polar surface area (TPSA) is 76.0 Å². The average molecular weight is 1020 g/mol. The number of esters is 1. The molecule has 0 aromatic heterocycles. The molecule has 0 radical (unpaired) electrons. The van der Waals surface area contributed by atoms with E-state index in [0.29, 0.717) is 25.4 Å². The average Bonchev–Trinajstić information content (AvgIpc) is 3.08. The van der Waals surface area contributed by atoms with Crippen LogP contribution >= 0.6 is 137 Å². The van der Waals surface area contributed by atoms with Crippen molar-refractivity contribution >= 4 is 202 Å². The van der Waals surface area contributed by atoms with Gasteiger partial charge < -0.3 is 19.7 Å². The molecule has 15 heteroatoms. The quantitative estimate of drug-likeness (QED) is 0.0809. The number of hydrogen-bond donors (Lipinski definition) is 2. The molecule has 2 aliphatic heterocycles. The molecule has 2 heterocycles. The third kappa shape index (κ3) is 4.51. The van der Waals surface area contributed by atoms with Gasteiger partial charge >= 0.3 is 65.1 Å². The van der Waals surface area contributed by atoms with Gasteiger partial charge in [-0.2, -0.15) is 0 Å². The molecule has 1 spiro atoms. The van der Waals surface area contributed by atoms with Crippen LogP contribution in [0.1, 0.15) is 27.0 Å². The van der Waals surface area contributed by atoms with E-state index >= 15 is 0 Å². The fourth-order valence-corrected chi connectivity index (χ4v) is 8.19. The molecule has 0 fully saturated rings. The zero-order valence-electron chi connectivity index (χ0n) is 15.3. The maximum atomic E-state index is 13.3. The number of ether oxygens (including phenoxy) is 2. The summed E-state index contributed by atoms with van der Waals surface area (Å²) in [5.41, 5.74) is -0.548. The Bertz CT molecular complexity index is 1470. The minimum atomic E-state index is -1.62. The van der Waals surface area contributed by atoms with Gasteiger partial charge in [0.05, 0.1) is 41.9 Å². The summed E-state index contributed by atoms with van der Waals surface area (Å²) >= 11 is 33.8. The van der Waals surface area contributed by atoms with E-state index in [4.69, 9.17) is 55.9 Å². The number of hydrogen-bond acceptors (Lipinski definition) is 5. The normalized spacial score (nSPS) is 17.0. The van der Waals surface area contributed by atoms with Crippen molar-refractivity contribution in [3.63, 3.8) is 0 Å². The summed E-state index contributed by atoms with van der Waals surface area (Å²) in [5, 5.41) is 20.9. The molecule has 5 nitrogen and oxygen atoms in total. The van der Waals surface area contributed by atoms with Gasteiger partial charge in [-0.05, 0) is 102 Å². The summed E-state index contributed by atoms with van der Waals surface area (Å²) in [4.78, 5) is 13.3. The Kier molecular flexibility index (Phi) is 10.5. The van der Waals surface area contributed by atoms with Gasteiger partial charge in [0.1, 0.15) is 11.5 Å². The number of phenols is 2. The van der Waals surface area contributed by atoms with Crippen molar-refractivity contribution < 1.29 is 24.5 Å². The second-order valence-electron chi connectivity index (χ2n) is 6.95. The van der Waals surface area contributed by atoms with E-state index in [1.165, 1.54) is 6.07 Å². The molecule has 0 amide bonds. The summed E-state index contributed by atoms with van der Waals surface area (Å²) in [6, 6.07) is 3.06. The van der Waals surface area contributed by atoms with Gasteiger partial charge in [0.2, 0.25) is 0 Å². The number of carbonyl (C=O) groups excluding carboxylic acids is 1. The molecule has 0 bridgehead atoms. The first-order valence-electron chi connectivity index (χ1n) is 8.64. The van der Waals surface area contributed by atoms with E-state index in [2.05, 4.69) is 22.6 Å². The molecular weight excluding hydrogens is 1020 g/mol. The van der Waals surface area contributed by atoms with Gasteiger partial charge in [0.15, 0.2) is 17.1 Å². The first kappa shape index (κ1) is 32.1. The number of fused-ring (bicyclic) bond motifs is 6. The first-order valence-corrected chi connectivity index (χ1v) is 14.5. The van der Waals surface area contributed by atoms with E-state index in [-0.39, 0.29) is 113 Å². The second kappa shape index (κ2) is 11.5. The third-order valence-corrected chi connectivity index (χ3v) is 12.3. The van der Waals surface area contributed by atoms with Gasteiger partial charge in [0, 0.05) is 14.7 Å². The molecule has 5 rings (SSSR count). The Morgan fingerprint density at radius 3 is 1.97 bits per heavy atom. The van der Waals surface area contributed by atoms with Crippen molar-refractivity contribution in [1.82, 2.24) is 0 Å². The van der Waals surface area contributed by atoms with Crippen LogP contribution in [0.15, 0.2) is 12.1 Å². The van der Waals surface area contributed by atoms with Crippen LogP contribution in [0.2, 0.25) is 20.1 Å². The molecule has 0 saturated heterocycles. The summed E-state index contributed by atoms with van der Waals surface area (Å²) in [6.07, 6.45) is 0. The van der Waals surface area contributed by atoms with E-state index in [1.54, 1.807) is 6.07 Å². The standard InChI is InChI=1S/C20H4Cl4I4O5.2Na.2H/c21-8-5-6(9(22)11(24)10(8)23)20(33-19(5)31)3-1-2-4(29)12(25)17(3)32-18-7(20)13(26)14(27)16(30)15(18)28;;;;/h1-2,29-30H;;;;. The molecule has 3 aromatic carbocycles. The molecule has 0 saturated carbocycles. The maximum absolute atomic E-state index is 13.3. The van der Waals surface area contributed by atoms with Crippen molar-refractivity contribution in [3.8, 4) is 23.0 Å². The molecule has 2 aliphatic rings. The summed E-state index contributed by atoms with van der Waals surface area (Å²) < 4.78 is 14.2. The zero-order chi connectivity index (χ0) is 24.1. The minimum absolute atomic E-state index is 0. The number of halogens is 8. The van der Waals surface area contributed by atoms with Crippen molar-refractivity contribution in [1.29, 1.82) is 0 Å². The Morgan fingerprint density at radius 1 is 0.743 bits per heavy atom. The predicted octanol–water partition coefficient (Wildman–Crippen LogP) is 7.40. The molecule has 2 N–H and O–H groups in total. The van der Waals surface area contributed by atoms with E-state index < -0.39 is 11.6 Å². The van der Waals surface area contributed by atoms with Crippen LogP contribution in [0.3, 0.4) is 0 Å². The Hall–Kier alpha value is 2.61. The van der Waals surface area contributed by atoms with Gasteiger partial charge in [-0.15, -0.1) is 0 Å². The Balaban J connectivity index is 0.00000171. The van der Waals surface area contributed by atoms with Gasteiger partial charge in [0.25, 0.3) is 0 Å². The molecule has 35 heavy (non-hydrogen) atoms. The van der Waals surface area contributed by atoms with Gasteiger partial charge in [-0.1, -0.05) is 46.4 Å². The van der Waals surface area contributed by atoms with Crippen LogP contribution in [-0.4, -0.2) is 75.3 Å². The third-order valence-electron chi connectivity index (χ3n) is 5.34. The van der Waals surface area contributed by atoms with Gasteiger partial charge in [-0.3, -0.25) is 0 Å². The fraction of sp³-hybridized carbons (Fsp3) is 0.0500. The van der Waals surface area contributed by atoms with Crippen LogP contribution in [0, 0.1) is 14.3 Å². The summed E-state index contributed by atoms with van der Waals surface area (Å²) in [6.45, 7) is 0. The molecule has 1 unspecified atom stereocenters. The van der Waals surface area contributed by atoms with Crippen LogP contribution in [0.5, 0.6) is 23.0 Å². The molecule has 174 valence electrons. The molecular formula is C20H6Cl4I4Na2O5. The van der Waals surface area contributed by atoms with E-state index in [0.717, 1.165) is 0 Å². The molecule has 0 aliphatic carbocycles. The van der Waals surface area contributed by atoms with Crippen molar-refractivity contribution in [2.24, 2.45) is 0 Å². The van der Waals surface area contributed by atoms with Crippen LogP contribution < -0.4 is 4.74 Å². The number of phenolic OH excluding ortho intramolecular Hbond substituents is 2.